The van der Waals surface area contributed by atoms with E-state index in [9.17, 15) is 4.79 Å². The topological polar surface area (TPSA) is 50.4 Å². The van der Waals surface area contributed by atoms with Crippen molar-refractivity contribution in [1.82, 2.24) is 5.32 Å². The number of carbonyl (C=O) groups excluding carboxylic acids is 1. The highest BCUT2D eigenvalue weighted by Gasteiger charge is 2.14. The van der Waals surface area contributed by atoms with Crippen LogP contribution in [0, 0.1) is 0 Å². The minimum Gasteiger partial charge on any atom is -0.378 e. The fraction of sp³-hybridized carbons (Fsp3) is 0.588. The lowest BCUT2D eigenvalue weighted by molar-refractivity contribution is -0.114. The number of hydrogen-bond acceptors (Lipinski definition) is 3. The molecule has 2 rings (SSSR count). The Labute approximate surface area is 127 Å². The Morgan fingerprint density at radius 3 is 3.05 bits per heavy atom. The number of rotatable bonds is 7. The predicted octanol–water partition coefficient (Wildman–Crippen LogP) is 3.25. The summed E-state index contributed by atoms with van der Waals surface area (Å²) in [5, 5.41) is 6.36. The van der Waals surface area contributed by atoms with Gasteiger partial charge in [0.05, 0.1) is 6.10 Å². The third kappa shape index (κ3) is 5.48. The van der Waals surface area contributed by atoms with Gasteiger partial charge in [0, 0.05) is 25.3 Å². The molecule has 21 heavy (non-hydrogen) atoms. The maximum absolute atomic E-state index is 11.1. The summed E-state index contributed by atoms with van der Waals surface area (Å²) < 4.78 is 5.63. The first-order valence-corrected chi connectivity index (χ1v) is 7.87. The Bertz CT molecular complexity index is 456. The molecule has 1 aliphatic heterocycles. The molecule has 1 aromatic carbocycles. The fourth-order valence-corrected chi connectivity index (χ4v) is 2.73. The van der Waals surface area contributed by atoms with Gasteiger partial charge in [-0.2, -0.15) is 0 Å². The van der Waals surface area contributed by atoms with E-state index in [4.69, 9.17) is 4.74 Å². The molecule has 0 radical (unpaired) electrons. The lowest BCUT2D eigenvalue weighted by Gasteiger charge is -2.16. The smallest absolute Gasteiger partial charge is 0.221 e. The van der Waals surface area contributed by atoms with Crippen LogP contribution in [0.15, 0.2) is 24.3 Å². The number of hydrogen-bond donors (Lipinski definition) is 2. The molecule has 1 aromatic rings. The highest BCUT2D eigenvalue weighted by molar-refractivity contribution is 5.88. The van der Waals surface area contributed by atoms with E-state index < -0.39 is 0 Å². The van der Waals surface area contributed by atoms with Gasteiger partial charge < -0.3 is 15.4 Å². The molecule has 1 fully saturated rings. The Morgan fingerprint density at radius 1 is 1.48 bits per heavy atom. The van der Waals surface area contributed by atoms with Crippen molar-refractivity contribution in [3.05, 3.63) is 29.8 Å². The summed E-state index contributed by atoms with van der Waals surface area (Å²) in [4.78, 5) is 11.1. The van der Waals surface area contributed by atoms with E-state index in [2.05, 4.69) is 23.6 Å². The van der Waals surface area contributed by atoms with Crippen molar-refractivity contribution in [2.24, 2.45) is 0 Å². The molecule has 4 nitrogen and oxygen atoms in total. The van der Waals surface area contributed by atoms with E-state index in [1.165, 1.54) is 25.3 Å². The van der Waals surface area contributed by atoms with Crippen molar-refractivity contribution < 1.29 is 9.53 Å². The normalized spacial score (nSPS) is 19.4. The van der Waals surface area contributed by atoms with Crippen molar-refractivity contribution in [1.29, 1.82) is 0 Å². The molecule has 2 atom stereocenters. The highest BCUT2D eigenvalue weighted by Crippen LogP contribution is 2.19. The first kappa shape index (κ1) is 16.0. The van der Waals surface area contributed by atoms with Crippen LogP contribution in [-0.2, 0) is 9.53 Å². The molecule has 116 valence electrons. The van der Waals surface area contributed by atoms with Crippen molar-refractivity contribution in [2.45, 2.75) is 51.7 Å². The third-order valence-electron chi connectivity index (χ3n) is 3.88. The lowest BCUT2D eigenvalue weighted by atomic mass is 10.1. The monoisotopic (exact) mass is 290 g/mol. The van der Waals surface area contributed by atoms with Gasteiger partial charge in [-0.05, 0) is 56.8 Å². The van der Waals surface area contributed by atoms with E-state index in [0.717, 1.165) is 31.7 Å². The molecule has 0 saturated carbocycles. The van der Waals surface area contributed by atoms with Gasteiger partial charge in [0.15, 0.2) is 0 Å². The summed E-state index contributed by atoms with van der Waals surface area (Å²) in [6.07, 6.45) is 5.19. The number of carbonyl (C=O) groups is 1. The van der Waals surface area contributed by atoms with Crippen LogP contribution >= 0.6 is 0 Å². The minimum atomic E-state index is -0.0377. The zero-order valence-corrected chi connectivity index (χ0v) is 13.0. The molecule has 0 spiro atoms. The molecule has 0 aromatic heterocycles. The van der Waals surface area contributed by atoms with Gasteiger partial charge in [0.2, 0.25) is 5.91 Å². The van der Waals surface area contributed by atoms with Crippen molar-refractivity contribution >= 4 is 11.6 Å². The van der Waals surface area contributed by atoms with Crippen LogP contribution in [0.25, 0.3) is 0 Å². The fourth-order valence-electron chi connectivity index (χ4n) is 2.73. The van der Waals surface area contributed by atoms with E-state index >= 15 is 0 Å². The molecule has 4 heteroatoms. The van der Waals surface area contributed by atoms with E-state index in [-0.39, 0.29) is 11.9 Å². The molecular weight excluding hydrogens is 264 g/mol. The van der Waals surface area contributed by atoms with Crippen LogP contribution in [0.2, 0.25) is 0 Å². The van der Waals surface area contributed by atoms with Crippen LogP contribution in [0.5, 0.6) is 0 Å². The van der Waals surface area contributed by atoms with Gasteiger partial charge >= 0.3 is 0 Å². The number of nitrogens with one attached hydrogen (secondary N) is 2. The molecule has 1 heterocycles. The molecule has 0 bridgehead atoms. The van der Waals surface area contributed by atoms with Crippen LogP contribution in [0.3, 0.4) is 0 Å². The van der Waals surface area contributed by atoms with Gasteiger partial charge in [-0.1, -0.05) is 12.1 Å². The second kappa shape index (κ2) is 8.15. The zero-order chi connectivity index (χ0) is 15.1. The maximum atomic E-state index is 11.1. The molecule has 0 aliphatic carbocycles. The Morgan fingerprint density at radius 2 is 2.33 bits per heavy atom. The average Bonchev–Trinajstić information content (AvgIpc) is 2.96. The Kier molecular flexibility index (Phi) is 6.21. The summed E-state index contributed by atoms with van der Waals surface area (Å²) >= 11 is 0. The molecule has 1 saturated heterocycles. The summed E-state index contributed by atoms with van der Waals surface area (Å²) in [6, 6.07) is 8.28. The van der Waals surface area contributed by atoms with Gasteiger partial charge in [0.1, 0.15) is 0 Å². The molecule has 1 amide bonds. The van der Waals surface area contributed by atoms with Crippen molar-refractivity contribution in [3.8, 4) is 0 Å². The quantitative estimate of drug-likeness (QED) is 0.758. The highest BCUT2D eigenvalue weighted by atomic mass is 16.5. The Hall–Kier alpha value is -1.39. The van der Waals surface area contributed by atoms with Crippen LogP contribution in [0.4, 0.5) is 5.69 Å². The third-order valence-corrected chi connectivity index (χ3v) is 3.88. The lowest BCUT2D eigenvalue weighted by Crippen LogP contribution is -2.21. The van der Waals surface area contributed by atoms with Gasteiger partial charge in [-0.15, -0.1) is 0 Å². The second-order valence-corrected chi connectivity index (χ2v) is 5.76. The molecule has 1 aliphatic rings. The SMILES string of the molecule is CC(=O)Nc1cccc(C(C)NCCCC2CCCO2)c1. The summed E-state index contributed by atoms with van der Waals surface area (Å²) in [7, 11) is 0. The van der Waals surface area contributed by atoms with Crippen molar-refractivity contribution in [3.63, 3.8) is 0 Å². The number of ether oxygens (including phenoxy) is 1. The first-order valence-electron chi connectivity index (χ1n) is 7.87. The number of benzene rings is 1. The van der Waals surface area contributed by atoms with E-state index in [1.807, 2.05) is 18.2 Å². The van der Waals surface area contributed by atoms with Gasteiger partial charge in [-0.25, -0.2) is 0 Å². The summed E-state index contributed by atoms with van der Waals surface area (Å²) in [5.41, 5.74) is 2.05. The summed E-state index contributed by atoms with van der Waals surface area (Å²) in [5.74, 6) is -0.0377. The Balaban J connectivity index is 1.74. The maximum Gasteiger partial charge on any atom is 0.221 e. The number of anilines is 1. The molecule has 2 unspecified atom stereocenters. The summed E-state index contributed by atoms with van der Waals surface area (Å²) in [6.45, 7) is 5.61. The number of amides is 1. The van der Waals surface area contributed by atoms with Crippen molar-refractivity contribution in [2.75, 3.05) is 18.5 Å². The van der Waals surface area contributed by atoms with Crippen LogP contribution in [0.1, 0.15) is 51.1 Å². The molecule has 2 N–H and O–H groups in total. The van der Waals surface area contributed by atoms with Gasteiger partial charge in [0.25, 0.3) is 0 Å². The van der Waals surface area contributed by atoms with E-state index in [0.29, 0.717) is 6.10 Å². The van der Waals surface area contributed by atoms with Crippen LogP contribution in [-0.4, -0.2) is 25.2 Å². The second-order valence-electron chi connectivity index (χ2n) is 5.76. The standard InChI is InChI=1S/C17H26N2O2/c1-13(18-10-4-8-17-9-5-11-21-17)15-6-3-7-16(12-15)19-14(2)20/h3,6-7,12-13,17-18H,4-5,8-11H2,1-2H3,(H,19,20). The molecular formula is C17H26N2O2. The van der Waals surface area contributed by atoms with Gasteiger partial charge in [-0.3, -0.25) is 4.79 Å². The average molecular weight is 290 g/mol. The van der Waals surface area contributed by atoms with E-state index in [1.54, 1.807) is 0 Å². The zero-order valence-electron chi connectivity index (χ0n) is 13.0. The van der Waals surface area contributed by atoms with Crippen LogP contribution < -0.4 is 10.6 Å². The predicted molar refractivity (Wildman–Crippen MR) is 85.4 cm³/mol. The largest absolute Gasteiger partial charge is 0.378 e. The minimum absolute atomic E-state index is 0.0377. The first-order chi connectivity index (χ1) is 10.1.